The Morgan fingerprint density at radius 1 is 1.42 bits per heavy atom. The van der Waals surface area contributed by atoms with E-state index in [0.717, 1.165) is 19.3 Å². The molecule has 0 aromatic carbocycles. The van der Waals surface area contributed by atoms with E-state index in [2.05, 4.69) is 6.92 Å². The minimum Gasteiger partial charge on any atom is -0.396 e. The molecule has 0 aromatic heterocycles. The molecule has 74 valence electrons. The minimum atomic E-state index is -0.106. The molecule has 0 rings (SSSR count). The van der Waals surface area contributed by atoms with Crippen LogP contribution in [0.5, 0.6) is 0 Å². The summed E-state index contributed by atoms with van der Waals surface area (Å²) in [5.41, 5.74) is 5.52. The molecule has 0 aromatic rings. The molecule has 0 bridgehead atoms. The van der Waals surface area contributed by atoms with Gasteiger partial charge in [-0.3, -0.25) is 0 Å². The predicted octanol–water partition coefficient (Wildman–Crippen LogP) is 0.760. The highest BCUT2D eigenvalue weighted by molar-refractivity contribution is 4.78. The molecule has 3 N–H and O–H groups in total. The molecule has 0 aliphatic heterocycles. The van der Waals surface area contributed by atoms with Gasteiger partial charge in [0.15, 0.2) is 0 Å². The molecule has 0 aliphatic carbocycles. The molecule has 3 nitrogen and oxygen atoms in total. The van der Waals surface area contributed by atoms with Crippen LogP contribution in [0.1, 0.15) is 26.2 Å². The molecule has 0 saturated heterocycles. The van der Waals surface area contributed by atoms with Gasteiger partial charge in [-0.25, -0.2) is 0 Å². The first-order valence-corrected chi connectivity index (χ1v) is 4.54. The lowest BCUT2D eigenvalue weighted by atomic mass is 9.81. The Morgan fingerprint density at radius 3 is 2.42 bits per heavy atom. The zero-order valence-corrected chi connectivity index (χ0v) is 8.18. The highest BCUT2D eigenvalue weighted by atomic mass is 16.5. The van der Waals surface area contributed by atoms with Gasteiger partial charge in [0.2, 0.25) is 0 Å². The molecule has 0 radical (unpaired) electrons. The lowest BCUT2D eigenvalue weighted by molar-refractivity contribution is 0.0737. The fourth-order valence-corrected chi connectivity index (χ4v) is 1.40. The number of aliphatic hydroxyl groups is 1. The summed E-state index contributed by atoms with van der Waals surface area (Å²) in [6, 6.07) is 0. The van der Waals surface area contributed by atoms with Crippen molar-refractivity contribution in [2.75, 3.05) is 26.9 Å². The second kappa shape index (κ2) is 6.40. The fourth-order valence-electron chi connectivity index (χ4n) is 1.40. The largest absolute Gasteiger partial charge is 0.396 e. The molecule has 0 aliphatic rings. The summed E-state index contributed by atoms with van der Waals surface area (Å²) in [5.74, 6) is 0. The van der Waals surface area contributed by atoms with E-state index in [9.17, 15) is 5.11 Å². The average molecular weight is 175 g/mol. The number of hydrogen-bond donors (Lipinski definition) is 2. The molecule has 1 atom stereocenters. The van der Waals surface area contributed by atoms with E-state index in [1.807, 2.05) is 0 Å². The Balaban J connectivity index is 3.95. The Bertz CT molecular complexity index is 103. The van der Waals surface area contributed by atoms with Crippen LogP contribution in [0.25, 0.3) is 0 Å². The molecule has 0 heterocycles. The first-order chi connectivity index (χ1) is 5.74. The first-order valence-electron chi connectivity index (χ1n) is 4.54. The van der Waals surface area contributed by atoms with E-state index in [-0.39, 0.29) is 12.0 Å². The van der Waals surface area contributed by atoms with Crippen LogP contribution in [0.4, 0.5) is 0 Å². The van der Waals surface area contributed by atoms with E-state index in [1.165, 1.54) is 0 Å². The average Bonchev–Trinajstić information content (AvgIpc) is 2.13. The van der Waals surface area contributed by atoms with Gasteiger partial charge in [-0.15, -0.1) is 0 Å². The predicted molar refractivity (Wildman–Crippen MR) is 50.0 cm³/mol. The van der Waals surface area contributed by atoms with Crippen LogP contribution in [0, 0.1) is 5.41 Å². The van der Waals surface area contributed by atoms with Crippen LogP contribution in [-0.4, -0.2) is 32.0 Å². The van der Waals surface area contributed by atoms with Crippen LogP contribution >= 0.6 is 0 Å². The number of aliphatic hydroxyl groups excluding tert-OH is 1. The van der Waals surface area contributed by atoms with Crippen molar-refractivity contribution in [2.24, 2.45) is 11.1 Å². The third-order valence-electron chi connectivity index (χ3n) is 2.39. The topological polar surface area (TPSA) is 55.5 Å². The summed E-state index contributed by atoms with van der Waals surface area (Å²) in [4.78, 5) is 0. The van der Waals surface area contributed by atoms with Crippen LogP contribution < -0.4 is 5.73 Å². The highest BCUT2D eigenvalue weighted by Gasteiger charge is 2.26. The van der Waals surface area contributed by atoms with Gasteiger partial charge >= 0.3 is 0 Å². The lowest BCUT2D eigenvalue weighted by Crippen LogP contribution is -2.35. The summed E-state index contributed by atoms with van der Waals surface area (Å²) < 4.78 is 4.98. The SMILES string of the molecule is CCCC(CN)(CO)CCOC. The van der Waals surface area contributed by atoms with Gasteiger partial charge in [-0.05, 0) is 12.8 Å². The molecular weight excluding hydrogens is 154 g/mol. The number of nitrogens with two attached hydrogens (primary N) is 1. The van der Waals surface area contributed by atoms with Gasteiger partial charge in [-0.1, -0.05) is 13.3 Å². The maximum absolute atomic E-state index is 9.20. The fraction of sp³-hybridized carbons (Fsp3) is 1.00. The summed E-state index contributed by atoms with van der Waals surface area (Å²) in [6.07, 6.45) is 2.88. The summed E-state index contributed by atoms with van der Waals surface area (Å²) in [5, 5.41) is 9.20. The van der Waals surface area contributed by atoms with Gasteiger partial charge in [0, 0.05) is 32.3 Å². The number of ether oxygens (including phenoxy) is 1. The Labute approximate surface area is 74.9 Å². The van der Waals surface area contributed by atoms with Crippen molar-refractivity contribution >= 4 is 0 Å². The van der Waals surface area contributed by atoms with E-state index in [4.69, 9.17) is 10.5 Å². The Morgan fingerprint density at radius 2 is 2.08 bits per heavy atom. The second-order valence-corrected chi connectivity index (χ2v) is 3.36. The smallest absolute Gasteiger partial charge is 0.0500 e. The van der Waals surface area contributed by atoms with Gasteiger partial charge in [0.25, 0.3) is 0 Å². The van der Waals surface area contributed by atoms with Crippen molar-refractivity contribution in [2.45, 2.75) is 26.2 Å². The van der Waals surface area contributed by atoms with E-state index < -0.39 is 0 Å². The van der Waals surface area contributed by atoms with Crippen LogP contribution in [0.3, 0.4) is 0 Å². The maximum Gasteiger partial charge on any atom is 0.0500 e. The van der Waals surface area contributed by atoms with Crippen molar-refractivity contribution in [3.8, 4) is 0 Å². The van der Waals surface area contributed by atoms with Crippen LogP contribution in [-0.2, 0) is 4.74 Å². The molecule has 0 saturated carbocycles. The molecular formula is C9H21NO2. The van der Waals surface area contributed by atoms with Crippen molar-refractivity contribution < 1.29 is 9.84 Å². The van der Waals surface area contributed by atoms with Crippen molar-refractivity contribution in [1.82, 2.24) is 0 Å². The van der Waals surface area contributed by atoms with E-state index >= 15 is 0 Å². The molecule has 0 fully saturated rings. The van der Waals surface area contributed by atoms with Crippen molar-refractivity contribution in [1.29, 1.82) is 0 Å². The zero-order valence-electron chi connectivity index (χ0n) is 8.18. The standard InChI is InChI=1S/C9H21NO2/c1-3-4-9(7-10,8-11)5-6-12-2/h11H,3-8,10H2,1-2H3. The minimum absolute atomic E-state index is 0.106. The molecule has 0 spiro atoms. The molecule has 1 unspecified atom stereocenters. The highest BCUT2D eigenvalue weighted by Crippen LogP contribution is 2.26. The molecule has 12 heavy (non-hydrogen) atoms. The number of methoxy groups -OCH3 is 1. The Hall–Kier alpha value is -0.120. The summed E-state index contributed by atoms with van der Waals surface area (Å²) >= 11 is 0. The van der Waals surface area contributed by atoms with Gasteiger partial charge in [-0.2, -0.15) is 0 Å². The third kappa shape index (κ3) is 3.52. The van der Waals surface area contributed by atoms with Gasteiger partial charge in [0.1, 0.15) is 0 Å². The Kier molecular flexibility index (Phi) is 6.34. The van der Waals surface area contributed by atoms with Gasteiger partial charge < -0.3 is 15.6 Å². The zero-order chi connectivity index (χ0) is 9.45. The van der Waals surface area contributed by atoms with Crippen LogP contribution in [0.15, 0.2) is 0 Å². The molecule has 3 heteroatoms. The monoisotopic (exact) mass is 175 g/mol. The number of rotatable bonds is 7. The number of hydrogen-bond acceptors (Lipinski definition) is 3. The van der Waals surface area contributed by atoms with E-state index in [1.54, 1.807) is 7.11 Å². The van der Waals surface area contributed by atoms with Crippen molar-refractivity contribution in [3.63, 3.8) is 0 Å². The summed E-state index contributed by atoms with van der Waals surface area (Å²) in [6.45, 7) is 3.49. The maximum atomic E-state index is 9.20. The molecule has 0 amide bonds. The van der Waals surface area contributed by atoms with Gasteiger partial charge in [0.05, 0.1) is 0 Å². The lowest BCUT2D eigenvalue weighted by Gasteiger charge is -2.29. The normalized spacial score (nSPS) is 16.0. The first kappa shape index (κ1) is 11.9. The second-order valence-electron chi connectivity index (χ2n) is 3.36. The quantitative estimate of drug-likeness (QED) is 0.600. The van der Waals surface area contributed by atoms with Crippen molar-refractivity contribution in [3.05, 3.63) is 0 Å². The van der Waals surface area contributed by atoms with E-state index in [0.29, 0.717) is 13.2 Å². The van der Waals surface area contributed by atoms with Crippen LogP contribution in [0.2, 0.25) is 0 Å². The summed E-state index contributed by atoms with van der Waals surface area (Å²) in [7, 11) is 1.67. The third-order valence-corrected chi connectivity index (χ3v) is 2.39.